The minimum Gasteiger partial charge on any atom is -0.343 e. The van der Waals surface area contributed by atoms with Crippen LogP contribution in [0.3, 0.4) is 0 Å². The summed E-state index contributed by atoms with van der Waals surface area (Å²) in [5.41, 5.74) is -0.548. The maximum absolute atomic E-state index is 12.7. The van der Waals surface area contributed by atoms with Gasteiger partial charge in [0.25, 0.3) is 0 Å². The minimum absolute atomic E-state index is 0.0760. The van der Waals surface area contributed by atoms with Gasteiger partial charge in [-0.25, -0.2) is 0 Å². The molecule has 0 atom stereocenters. The number of piperazine rings is 1. The highest BCUT2D eigenvalue weighted by atomic mass is 32.1. The summed E-state index contributed by atoms with van der Waals surface area (Å²) in [5.74, 6) is 1.09. The maximum atomic E-state index is 12.7. The Morgan fingerprint density at radius 3 is 2.55 bits per heavy atom. The Morgan fingerprint density at radius 1 is 1.12 bits per heavy atom. The van der Waals surface area contributed by atoms with Crippen LogP contribution in [0.2, 0.25) is 0 Å². The van der Waals surface area contributed by atoms with E-state index in [9.17, 15) is 9.59 Å². The predicted molar refractivity (Wildman–Crippen MR) is 127 cm³/mol. The molecule has 2 aliphatic rings. The number of hydrogen-bond donors (Lipinski definition) is 1. The van der Waals surface area contributed by atoms with Crippen molar-refractivity contribution in [2.24, 2.45) is 0 Å². The Balaban J connectivity index is 1.25. The molecular weight excluding hydrogens is 438 g/mol. The summed E-state index contributed by atoms with van der Waals surface area (Å²) in [4.78, 5) is 35.0. The highest BCUT2D eigenvalue weighted by molar-refractivity contribution is 7.09. The SMILES string of the molecule is CC(=O)NC1(c2noc(CCC(=O)N3CCN(CCc4cccs4)CC3)n2)CCCCCC1. The second kappa shape index (κ2) is 11.2. The van der Waals surface area contributed by atoms with E-state index < -0.39 is 5.54 Å². The van der Waals surface area contributed by atoms with Gasteiger partial charge in [-0.3, -0.25) is 14.5 Å². The minimum atomic E-state index is -0.548. The molecule has 1 saturated carbocycles. The fourth-order valence-corrected chi connectivity index (χ4v) is 5.64. The summed E-state index contributed by atoms with van der Waals surface area (Å²) in [5, 5.41) is 9.44. The lowest BCUT2D eigenvalue weighted by atomic mass is 9.89. The van der Waals surface area contributed by atoms with Crippen molar-refractivity contribution < 1.29 is 14.1 Å². The third-order valence-electron chi connectivity index (χ3n) is 6.80. The number of amides is 2. The molecule has 2 fully saturated rings. The Labute approximate surface area is 199 Å². The normalized spacial score (nSPS) is 19.2. The van der Waals surface area contributed by atoms with Crippen LogP contribution in [0.25, 0.3) is 0 Å². The van der Waals surface area contributed by atoms with E-state index in [4.69, 9.17) is 4.52 Å². The highest BCUT2D eigenvalue weighted by Gasteiger charge is 2.38. The van der Waals surface area contributed by atoms with E-state index in [0.29, 0.717) is 24.6 Å². The molecule has 2 aromatic rings. The Kier molecular flexibility index (Phi) is 8.14. The number of rotatable bonds is 8. The lowest BCUT2D eigenvalue weighted by molar-refractivity contribution is -0.133. The molecule has 2 aromatic heterocycles. The van der Waals surface area contributed by atoms with Gasteiger partial charge < -0.3 is 14.7 Å². The van der Waals surface area contributed by atoms with Crippen molar-refractivity contribution in [1.29, 1.82) is 0 Å². The Morgan fingerprint density at radius 2 is 1.88 bits per heavy atom. The van der Waals surface area contributed by atoms with E-state index in [1.54, 1.807) is 11.3 Å². The average Bonchev–Trinajstić information content (AvgIpc) is 3.46. The summed E-state index contributed by atoms with van der Waals surface area (Å²) < 4.78 is 5.50. The van der Waals surface area contributed by atoms with Crippen molar-refractivity contribution in [3.63, 3.8) is 0 Å². The second-order valence-corrected chi connectivity index (χ2v) is 10.3. The molecule has 0 unspecified atom stereocenters. The zero-order valence-electron chi connectivity index (χ0n) is 19.6. The summed E-state index contributed by atoms with van der Waals surface area (Å²) in [6.45, 7) is 5.95. The summed E-state index contributed by atoms with van der Waals surface area (Å²) >= 11 is 1.80. The van der Waals surface area contributed by atoms with Gasteiger partial charge in [0.05, 0.1) is 0 Å². The van der Waals surface area contributed by atoms with E-state index in [1.165, 1.54) is 11.8 Å². The van der Waals surface area contributed by atoms with Gasteiger partial charge in [0.2, 0.25) is 17.7 Å². The van der Waals surface area contributed by atoms with Crippen LogP contribution in [0.1, 0.15) is 68.5 Å². The van der Waals surface area contributed by atoms with Gasteiger partial charge in [-0.2, -0.15) is 4.98 Å². The van der Waals surface area contributed by atoms with Gasteiger partial charge in [-0.15, -0.1) is 11.3 Å². The Hall–Kier alpha value is -2.26. The van der Waals surface area contributed by atoms with Gasteiger partial charge >= 0.3 is 0 Å². The molecule has 1 aliphatic heterocycles. The van der Waals surface area contributed by atoms with Crippen LogP contribution in [-0.4, -0.2) is 64.5 Å². The fraction of sp³-hybridized carbons (Fsp3) is 0.667. The van der Waals surface area contributed by atoms with Crippen molar-refractivity contribution >= 4 is 23.2 Å². The molecule has 8 nitrogen and oxygen atoms in total. The number of nitrogens with one attached hydrogen (secondary N) is 1. The van der Waals surface area contributed by atoms with E-state index in [-0.39, 0.29) is 11.8 Å². The summed E-state index contributed by atoms with van der Waals surface area (Å²) in [7, 11) is 0. The van der Waals surface area contributed by atoms with Gasteiger partial charge in [-0.05, 0) is 30.7 Å². The molecule has 4 rings (SSSR count). The van der Waals surface area contributed by atoms with Crippen LogP contribution in [0.5, 0.6) is 0 Å². The molecular formula is C24H35N5O3S. The fourth-order valence-electron chi connectivity index (χ4n) is 4.94. The zero-order valence-corrected chi connectivity index (χ0v) is 20.4. The first-order chi connectivity index (χ1) is 16.0. The Bertz CT molecular complexity index is 897. The van der Waals surface area contributed by atoms with Crippen molar-refractivity contribution in [1.82, 2.24) is 25.3 Å². The van der Waals surface area contributed by atoms with Gasteiger partial charge in [-0.1, -0.05) is 36.9 Å². The number of aryl methyl sites for hydroxylation is 1. The summed E-state index contributed by atoms with van der Waals surface area (Å²) in [6.07, 6.45) is 7.88. The molecule has 0 bridgehead atoms. The number of carbonyl (C=O) groups excluding carboxylic acids is 2. The third kappa shape index (κ3) is 6.41. The third-order valence-corrected chi connectivity index (χ3v) is 7.74. The van der Waals surface area contributed by atoms with Crippen LogP contribution in [0.4, 0.5) is 0 Å². The molecule has 0 radical (unpaired) electrons. The molecule has 1 aliphatic carbocycles. The maximum Gasteiger partial charge on any atom is 0.227 e. The highest BCUT2D eigenvalue weighted by Crippen LogP contribution is 2.34. The van der Waals surface area contributed by atoms with E-state index in [1.807, 2.05) is 4.90 Å². The van der Waals surface area contributed by atoms with Crippen LogP contribution in [0.15, 0.2) is 22.0 Å². The smallest absolute Gasteiger partial charge is 0.227 e. The molecule has 33 heavy (non-hydrogen) atoms. The predicted octanol–water partition coefficient (Wildman–Crippen LogP) is 3.14. The first kappa shape index (κ1) is 23.9. The van der Waals surface area contributed by atoms with Crippen LogP contribution >= 0.6 is 11.3 Å². The van der Waals surface area contributed by atoms with Crippen molar-refractivity contribution in [3.8, 4) is 0 Å². The van der Waals surface area contributed by atoms with Crippen LogP contribution < -0.4 is 5.32 Å². The summed E-state index contributed by atoms with van der Waals surface area (Å²) in [6, 6.07) is 4.28. The van der Waals surface area contributed by atoms with Crippen molar-refractivity contribution in [2.45, 2.75) is 70.3 Å². The second-order valence-electron chi connectivity index (χ2n) is 9.24. The first-order valence-electron chi connectivity index (χ1n) is 12.2. The quantitative estimate of drug-likeness (QED) is 0.592. The van der Waals surface area contributed by atoms with E-state index in [2.05, 4.69) is 37.9 Å². The molecule has 0 aromatic carbocycles. The molecule has 180 valence electrons. The number of thiophene rings is 1. The monoisotopic (exact) mass is 473 g/mol. The van der Waals surface area contributed by atoms with E-state index >= 15 is 0 Å². The van der Waals surface area contributed by atoms with Gasteiger partial charge in [0.15, 0.2) is 5.82 Å². The lowest BCUT2D eigenvalue weighted by Gasteiger charge is -2.34. The van der Waals surface area contributed by atoms with Gasteiger partial charge in [0, 0.05) is 57.4 Å². The zero-order chi connectivity index (χ0) is 23.1. The lowest BCUT2D eigenvalue weighted by Crippen LogP contribution is -2.49. The van der Waals surface area contributed by atoms with E-state index in [0.717, 1.165) is 77.7 Å². The molecule has 9 heteroatoms. The topological polar surface area (TPSA) is 91.6 Å². The van der Waals surface area contributed by atoms with Gasteiger partial charge in [0.1, 0.15) is 5.54 Å². The average molecular weight is 474 g/mol. The number of carbonyl (C=O) groups is 2. The van der Waals surface area contributed by atoms with Crippen molar-refractivity contribution in [3.05, 3.63) is 34.1 Å². The molecule has 1 N–H and O–H groups in total. The van der Waals surface area contributed by atoms with Crippen molar-refractivity contribution in [2.75, 3.05) is 32.7 Å². The molecule has 0 spiro atoms. The molecule has 2 amide bonds. The number of nitrogens with zero attached hydrogens (tertiary/aromatic N) is 4. The standard InChI is InChI=1S/C24H35N5O3S/c1-19(30)26-24(11-4-2-3-5-12-24)23-25-21(32-27-23)8-9-22(31)29-16-14-28(15-17-29)13-10-20-7-6-18-33-20/h6-7,18H,2-5,8-17H2,1H3,(H,26,30). The number of hydrogen-bond acceptors (Lipinski definition) is 7. The largest absolute Gasteiger partial charge is 0.343 e. The molecule has 3 heterocycles. The first-order valence-corrected chi connectivity index (χ1v) is 13.1. The van der Waals surface area contributed by atoms with Crippen LogP contribution in [0, 0.1) is 0 Å². The van der Waals surface area contributed by atoms with Crippen LogP contribution in [-0.2, 0) is 28.0 Å². The molecule has 1 saturated heterocycles. The number of aromatic nitrogens is 2.